The van der Waals surface area contributed by atoms with Gasteiger partial charge in [-0.05, 0) is 0 Å². The number of phenols is 1. The van der Waals surface area contributed by atoms with E-state index in [0.29, 0.717) is 11.7 Å². The Bertz CT molecular complexity index is 1170. The van der Waals surface area contributed by atoms with Gasteiger partial charge in [0.25, 0.3) is 0 Å². The number of hydrogen-bond acceptors (Lipinski definition) is 3. The van der Waals surface area contributed by atoms with Gasteiger partial charge in [0.1, 0.15) is 0 Å². The Hall–Kier alpha value is -2.22. The first-order chi connectivity index (χ1) is 18.7. The summed E-state index contributed by atoms with van der Waals surface area (Å²) >= 11 is -0.225. The molecule has 0 heterocycles. The maximum atomic E-state index is 9.86. The molecule has 1 unspecified atom stereocenters. The third kappa shape index (κ3) is 7.45. The molecule has 2 N–H and O–H groups in total. The molecule has 0 amide bonds. The molecule has 1 fully saturated rings. The molecule has 3 nitrogen and oxygen atoms in total. The average Bonchev–Trinajstić information content (AvgIpc) is 2.96. The number of aryl methyl sites for hydroxylation is 2. The van der Waals surface area contributed by atoms with E-state index >= 15 is 0 Å². The van der Waals surface area contributed by atoms with Crippen LogP contribution < -0.4 is 14.4 Å². The van der Waals surface area contributed by atoms with Crippen LogP contribution in [-0.2, 0) is 25.7 Å². The quantitative estimate of drug-likeness (QED) is 0.211. The number of rotatable bonds is 11. The first-order valence-electron chi connectivity index (χ1n) is 14.7. The topological polar surface area (TPSA) is 41.5 Å². The normalized spacial score (nSPS) is 18.1. The SMILES string of the molecule is COc1ccc([C@@H]2CCc3cc(O)ccc3C2)c([AsH]CCCc2ccc(CCNC3CCCCC3)cc2)c1. The van der Waals surface area contributed by atoms with Crippen molar-refractivity contribution in [2.24, 2.45) is 0 Å². The van der Waals surface area contributed by atoms with Crippen molar-refractivity contribution >= 4 is 20.1 Å². The van der Waals surface area contributed by atoms with E-state index in [4.69, 9.17) is 4.74 Å². The molecule has 0 aliphatic heterocycles. The Kier molecular flexibility index (Phi) is 9.87. The molecule has 0 aromatic heterocycles. The predicted molar refractivity (Wildman–Crippen MR) is 161 cm³/mol. The van der Waals surface area contributed by atoms with Crippen LogP contribution in [0.2, 0.25) is 5.21 Å². The maximum absolute atomic E-state index is 9.86. The average molecular weight is 574 g/mol. The molecular formula is C34H44AsNO2. The summed E-state index contributed by atoms with van der Waals surface area (Å²) < 4.78 is 7.17. The molecule has 0 saturated heterocycles. The van der Waals surface area contributed by atoms with E-state index in [1.165, 1.54) is 78.0 Å². The van der Waals surface area contributed by atoms with Crippen molar-refractivity contribution in [1.29, 1.82) is 0 Å². The van der Waals surface area contributed by atoms with Gasteiger partial charge in [0.15, 0.2) is 0 Å². The molecule has 0 spiro atoms. The summed E-state index contributed by atoms with van der Waals surface area (Å²) in [4.78, 5) is 0. The molecule has 3 aromatic carbocycles. The zero-order chi connectivity index (χ0) is 26.2. The molecular weight excluding hydrogens is 529 g/mol. The van der Waals surface area contributed by atoms with E-state index in [0.717, 1.165) is 44.0 Å². The van der Waals surface area contributed by atoms with Crippen molar-refractivity contribution in [3.05, 3.63) is 88.5 Å². The third-order valence-electron chi connectivity index (χ3n) is 8.55. The molecule has 0 radical (unpaired) electrons. The van der Waals surface area contributed by atoms with E-state index in [-0.39, 0.29) is 15.8 Å². The van der Waals surface area contributed by atoms with Gasteiger partial charge in [-0.2, -0.15) is 0 Å². The number of benzene rings is 3. The number of hydrogen-bond donors (Lipinski definition) is 2. The Balaban J connectivity index is 1.11. The minimum atomic E-state index is -0.225. The van der Waals surface area contributed by atoms with Gasteiger partial charge < -0.3 is 0 Å². The molecule has 2 aliphatic rings. The number of methoxy groups -OCH3 is 1. The Morgan fingerprint density at radius 1 is 0.868 bits per heavy atom. The molecule has 3 aromatic rings. The second-order valence-corrected chi connectivity index (χ2v) is 14.2. The number of ether oxygens (including phenoxy) is 1. The number of phenolic OH excluding ortho intramolecular Hbond substituents is 1. The monoisotopic (exact) mass is 573 g/mol. The molecule has 2 aliphatic carbocycles. The molecule has 5 rings (SSSR count). The second kappa shape index (κ2) is 13.7. The molecule has 0 bridgehead atoms. The summed E-state index contributed by atoms with van der Waals surface area (Å²) in [5.41, 5.74) is 7.18. The fourth-order valence-electron chi connectivity index (χ4n) is 6.29. The van der Waals surface area contributed by atoms with E-state index in [2.05, 4.69) is 53.8 Å². The van der Waals surface area contributed by atoms with Crippen molar-refractivity contribution in [2.45, 2.75) is 87.8 Å². The number of aromatic hydroxyl groups is 1. The van der Waals surface area contributed by atoms with Gasteiger partial charge in [-0.15, -0.1) is 0 Å². The summed E-state index contributed by atoms with van der Waals surface area (Å²) in [5.74, 6) is 1.94. The van der Waals surface area contributed by atoms with Crippen LogP contribution in [0.3, 0.4) is 0 Å². The van der Waals surface area contributed by atoms with Crippen molar-refractivity contribution in [3.8, 4) is 11.5 Å². The van der Waals surface area contributed by atoms with Crippen LogP contribution in [0.4, 0.5) is 0 Å². The van der Waals surface area contributed by atoms with Gasteiger partial charge >= 0.3 is 217 Å². The summed E-state index contributed by atoms with van der Waals surface area (Å²) in [5, 5.41) is 14.9. The number of nitrogens with one attached hydrogen (secondary N) is 1. The van der Waals surface area contributed by atoms with Gasteiger partial charge in [0.2, 0.25) is 0 Å². The zero-order valence-electron chi connectivity index (χ0n) is 23.0. The van der Waals surface area contributed by atoms with Crippen molar-refractivity contribution in [2.75, 3.05) is 13.7 Å². The molecule has 1 saturated carbocycles. The van der Waals surface area contributed by atoms with Crippen molar-refractivity contribution < 1.29 is 9.84 Å². The molecule has 4 heteroatoms. The van der Waals surface area contributed by atoms with E-state index in [9.17, 15) is 5.11 Å². The molecule has 202 valence electrons. The summed E-state index contributed by atoms with van der Waals surface area (Å²) in [7, 11) is 1.78. The number of fused-ring (bicyclic) bond motifs is 1. The predicted octanol–water partition coefficient (Wildman–Crippen LogP) is 6.25. The molecule has 38 heavy (non-hydrogen) atoms. The van der Waals surface area contributed by atoms with Crippen LogP contribution in [0.1, 0.15) is 78.7 Å². The van der Waals surface area contributed by atoms with Gasteiger partial charge in [0, 0.05) is 0 Å². The zero-order valence-corrected chi connectivity index (χ0v) is 25.1. The van der Waals surface area contributed by atoms with E-state index in [1.54, 1.807) is 11.5 Å². The second-order valence-electron chi connectivity index (χ2n) is 11.2. The Morgan fingerprint density at radius 2 is 1.66 bits per heavy atom. The summed E-state index contributed by atoms with van der Waals surface area (Å²) in [6.45, 7) is 1.10. The Labute approximate surface area is 236 Å². The first kappa shape index (κ1) is 27.3. The summed E-state index contributed by atoms with van der Waals surface area (Å²) in [6.07, 6.45) is 13.8. The first-order valence-corrected chi connectivity index (χ1v) is 17.2. The van der Waals surface area contributed by atoms with Gasteiger partial charge in [-0.3, -0.25) is 0 Å². The van der Waals surface area contributed by atoms with Crippen molar-refractivity contribution in [3.63, 3.8) is 0 Å². The van der Waals surface area contributed by atoms with Crippen LogP contribution in [0, 0.1) is 0 Å². The fourth-order valence-corrected chi connectivity index (χ4v) is 9.14. The standard InChI is InChI=1S/C34H44AsNO2/c1-38-32-17-18-33(29-14-13-28-23-31(37)16-15-27(28)22-29)34(24-32)35-20-5-6-25-9-11-26(12-10-25)19-21-36-30-7-3-2-4-8-30/h9-12,15-18,23-24,29-30,35-37H,2-8,13-14,19-22H2,1H3/t29-/m1/s1. The van der Waals surface area contributed by atoms with E-state index in [1.807, 2.05) is 12.1 Å². The van der Waals surface area contributed by atoms with Gasteiger partial charge in [-0.25, -0.2) is 0 Å². The van der Waals surface area contributed by atoms with Crippen LogP contribution in [-0.4, -0.2) is 40.6 Å². The van der Waals surface area contributed by atoms with Crippen LogP contribution >= 0.6 is 0 Å². The van der Waals surface area contributed by atoms with Crippen LogP contribution in [0.15, 0.2) is 60.7 Å². The van der Waals surface area contributed by atoms with Crippen molar-refractivity contribution in [1.82, 2.24) is 5.32 Å². The van der Waals surface area contributed by atoms with Gasteiger partial charge in [-0.1, -0.05) is 19.3 Å². The minimum absolute atomic E-state index is 0.225. The summed E-state index contributed by atoms with van der Waals surface area (Å²) in [6, 6.07) is 22.8. The van der Waals surface area contributed by atoms with Crippen LogP contribution in [0.25, 0.3) is 0 Å². The molecule has 2 atom stereocenters. The fraction of sp³-hybridized carbons (Fsp3) is 0.471. The van der Waals surface area contributed by atoms with Gasteiger partial charge in [0.05, 0.1) is 0 Å². The van der Waals surface area contributed by atoms with E-state index < -0.39 is 0 Å². The Morgan fingerprint density at radius 3 is 2.45 bits per heavy atom. The van der Waals surface area contributed by atoms with Crippen LogP contribution in [0.5, 0.6) is 11.5 Å². The third-order valence-corrected chi connectivity index (χ3v) is 11.5.